The predicted octanol–water partition coefficient (Wildman–Crippen LogP) is 3.41. The van der Waals surface area contributed by atoms with Crippen molar-refractivity contribution in [3.8, 4) is 5.75 Å². The Morgan fingerprint density at radius 1 is 1.43 bits per heavy atom. The maximum Gasteiger partial charge on any atom is 0.241 e. The number of rotatable bonds is 4. The molecule has 1 heterocycles. The zero-order chi connectivity index (χ0) is 15.4. The van der Waals surface area contributed by atoms with E-state index >= 15 is 0 Å². The normalized spacial score (nSPS) is 18.3. The molecule has 1 fully saturated rings. The van der Waals surface area contributed by atoms with Crippen LogP contribution >= 0.6 is 11.6 Å². The van der Waals surface area contributed by atoms with Gasteiger partial charge in [-0.25, -0.2) is 0 Å². The Morgan fingerprint density at radius 3 is 2.71 bits per heavy atom. The van der Waals surface area contributed by atoms with Crippen molar-refractivity contribution in [3.63, 3.8) is 0 Å². The molecule has 1 unspecified atom stereocenters. The number of nitrogens with zero attached hydrogens (tertiary/aromatic N) is 1. The number of amides is 1. The van der Waals surface area contributed by atoms with Crippen molar-refractivity contribution in [2.24, 2.45) is 5.92 Å². The lowest BCUT2D eigenvalue weighted by Gasteiger charge is -2.34. The van der Waals surface area contributed by atoms with Crippen molar-refractivity contribution >= 4 is 23.2 Å². The highest BCUT2D eigenvalue weighted by Crippen LogP contribution is 2.28. The standard InChI is InChI=1S/C16H23ClN2O2/c1-11-6-8-19(9-7-11)12(2)16(20)18-14-10-13(17)4-5-15(14)21-3/h4-5,10-12H,6-9H2,1-3H3,(H,18,20). The number of hydrogen-bond acceptors (Lipinski definition) is 3. The third-order valence-corrected chi connectivity index (χ3v) is 4.40. The molecule has 0 radical (unpaired) electrons. The van der Waals surface area contributed by atoms with Crippen molar-refractivity contribution in [2.45, 2.75) is 32.7 Å². The van der Waals surface area contributed by atoms with Gasteiger partial charge in [0.05, 0.1) is 18.8 Å². The number of piperidine rings is 1. The molecule has 21 heavy (non-hydrogen) atoms. The smallest absolute Gasteiger partial charge is 0.241 e. The van der Waals surface area contributed by atoms with Crippen molar-refractivity contribution < 1.29 is 9.53 Å². The highest BCUT2D eigenvalue weighted by molar-refractivity contribution is 6.31. The Balaban J connectivity index is 2.02. The molecular weight excluding hydrogens is 288 g/mol. The summed E-state index contributed by atoms with van der Waals surface area (Å²) < 4.78 is 5.25. The number of carbonyl (C=O) groups is 1. The van der Waals surface area contributed by atoms with E-state index in [0.29, 0.717) is 16.5 Å². The first-order chi connectivity index (χ1) is 10.0. The van der Waals surface area contributed by atoms with Crippen LogP contribution in [0.15, 0.2) is 18.2 Å². The Kier molecular flexibility index (Phi) is 5.48. The lowest BCUT2D eigenvalue weighted by atomic mass is 9.98. The minimum Gasteiger partial charge on any atom is -0.495 e. The molecule has 0 aromatic heterocycles. The van der Waals surface area contributed by atoms with Gasteiger partial charge in [-0.1, -0.05) is 18.5 Å². The lowest BCUT2D eigenvalue weighted by molar-refractivity contribution is -0.121. The van der Waals surface area contributed by atoms with E-state index < -0.39 is 0 Å². The highest BCUT2D eigenvalue weighted by atomic mass is 35.5. The second-order valence-corrected chi connectivity index (χ2v) is 6.16. The van der Waals surface area contributed by atoms with Gasteiger partial charge in [-0.3, -0.25) is 9.69 Å². The summed E-state index contributed by atoms with van der Waals surface area (Å²) in [5.74, 6) is 1.35. The summed E-state index contributed by atoms with van der Waals surface area (Å²) in [7, 11) is 1.58. The summed E-state index contributed by atoms with van der Waals surface area (Å²) in [4.78, 5) is 14.6. The number of ether oxygens (including phenoxy) is 1. The molecule has 1 amide bonds. The van der Waals surface area contributed by atoms with Crippen LogP contribution < -0.4 is 10.1 Å². The van der Waals surface area contributed by atoms with E-state index in [1.54, 1.807) is 25.3 Å². The molecule has 1 N–H and O–H groups in total. The van der Waals surface area contributed by atoms with Gasteiger partial charge in [0.1, 0.15) is 5.75 Å². The molecule has 2 rings (SSSR count). The summed E-state index contributed by atoms with van der Waals surface area (Å²) in [6.07, 6.45) is 2.30. The Labute approximate surface area is 131 Å². The summed E-state index contributed by atoms with van der Waals surface area (Å²) in [6.45, 7) is 6.16. The fourth-order valence-corrected chi connectivity index (χ4v) is 2.77. The quantitative estimate of drug-likeness (QED) is 0.926. The van der Waals surface area contributed by atoms with E-state index in [2.05, 4.69) is 17.1 Å². The second-order valence-electron chi connectivity index (χ2n) is 5.73. The number of hydrogen-bond donors (Lipinski definition) is 1. The van der Waals surface area contributed by atoms with E-state index in [1.807, 2.05) is 6.92 Å². The molecule has 0 spiro atoms. The van der Waals surface area contributed by atoms with Crippen LogP contribution in [0, 0.1) is 5.92 Å². The predicted molar refractivity (Wildman–Crippen MR) is 86.1 cm³/mol. The Morgan fingerprint density at radius 2 is 2.10 bits per heavy atom. The topological polar surface area (TPSA) is 41.6 Å². The first kappa shape index (κ1) is 16.1. The van der Waals surface area contributed by atoms with Gasteiger partial charge in [0, 0.05) is 5.02 Å². The number of anilines is 1. The van der Waals surface area contributed by atoms with Crippen LogP contribution in [0.4, 0.5) is 5.69 Å². The Bertz CT molecular complexity index is 499. The van der Waals surface area contributed by atoms with Crippen molar-refractivity contribution in [3.05, 3.63) is 23.2 Å². The van der Waals surface area contributed by atoms with E-state index in [4.69, 9.17) is 16.3 Å². The third kappa shape index (κ3) is 4.11. The van der Waals surface area contributed by atoms with Crippen LogP contribution in [0.1, 0.15) is 26.7 Å². The summed E-state index contributed by atoms with van der Waals surface area (Å²) in [5.41, 5.74) is 0.618. The van der Waals surface area contributed by atoms with Gasteiger partial charge >= 0.3 is 0 Å². The molecule has 116 valence electrons. The molecule has 5 heteroatoms. The first-order valence-electron chi connectivity index (χ1n) is 7.39. The summed E-state index contributed by atoms with van der Waals surface area (Å²) in [6, 6.07) is 5.06. The number of benzene rings is 1. The minimum absolute atomic E-state index is 0.0230. The Hall–Kier alpha value is -1.26. The molecule has 1 aromatic rings. The number of methoxy groups -OCH3 is 1. The van der Waals surface area contributed by atoms with Crippen molar-refractivity contribution in [1.82, 2.24) is 4.90 Å². The van der Waals surface area contributed by atoms with Crippen LogP contribution in [0.5, 0.6) is 5.75 Å². The van der Waals surface area contributed by atoms with Gasteiger partial charge in [0.2, 0.25) is 5.91 Å². The van der Waals surface area contributed by atoms with Crippen LogP contribution in [-0.4, -0.2) is 37.0 Å². The SMILES string of the molecule is COc1ccc(Cl)cc1NC(=O)C(C)N1CCC(C)CC1. The van der Waals surface area contributed by atoms with Crippen LogP contribution in [-0.2, 0) is 4.79 Å². The lowest BCUT2D eigenvalue weighted by Crippen LogP contribution is -2.45. The molecule has 1 aliphatic rings. The van der Waals surface area contributed by atoms with E-state index in [1.165, 1.54) is 0 Å². The largest absolute Gasteiger partial charge is 0.495 e. The zero-order valence-electron chi connectivity index (χ0n) is 12.9. The minimum atomic E-state index is -0.152. The number of halogens is 1. The molecule has 1 atom stereocenters. The molecule has 0 aliphatic carbocycles. The number of nitrogens with one attached hydrogen (secondary N) is 1. The van der Waals surface area contributed by atoms with Crippen LogP contribution in [0.3, 0.4) is 0 Å². The molecule has 0 saturated carbocycles. The van der Waals surface area contributed by atoms with Gasteiger partial charge in [-0.05, 0) is 57.0 Å². The first-order valence-corrected chi connectivity index (χ1v) is 7.77. The fraction of sp³-hybridized carbons (Fsp3) is 0.562. The molecule has 0 bridgehead atoms. The van der Waals surface area contributed by atoms with Gasteiger partial charge in [0.25, 0.3) is 0 Å². The van der Waals surface area contributed by atoms with E-state index in [-0.39, 0.29) is 11.9 Å². The summed E-state index contributed by atoms with van der Waals surface area (Å²) >= 11 is 5.98. The maximum absolute atomic E-state index is 12.4. The molecule has 4 nitrogen and oxygen atoms in total. The van der Waals surface area contributed by atoms with E-state index in [0.717, 1.165) is 31.8 Å². The molecular formula is C16H23ClN2O2. The molecule has 1 aliphatic heterocycles. The molecule has 1 saturated heterocycles. The van der Waals surface area contributed by atoms with Crippen molar-refractivity contribution in [1.29, 1.82) is 0 Å². The zero-order valence-corrected chi connectivity index (χ0v) is 13.6. The number of likely N-dealkylation sites (tertiary alicyclic amines) is 1. The van der Waals surface area contributed by atoms with Crippen LogP contribution in [0.2, 0.25) is 5.02 Å². The highest BCUT2D eigenvalue weighted by Gasteiger charge is 2.25. The maximum atomic E-state index is 12.4. The second kappa shape index (κ2) is 7.14. The van der Waals surface area contributed by atoms with Gasteiger partial charge < -0.3 is 10.1 Å². The average molecular weight is 311 g/mol. The fourth-order valence-electron chi connectivity index (χ4n) is 2.60. The van der Waals surface area contributed by atoms with Crippen molar-refractivity contribution in [2.75, 3.05) is 25.5 Å². The third-order valence-electron chi connectivity index (χ3n) is 4.16. The number of carbonyl (C=O) groups excluding carboxylic acids is 1. The monoisotopic (exact) mass is 310 g/mol. The van der Waals surface area contributed by atoms with E-state index in [9.17, 15) is 4.79 Å². The average Bonchev–Trinajstić information content (AvgIpc) is 2.47. The summed E-state index contributed by atoms with van der Waals surface area (Å²) in [5, 5.41) is 3.50. The molecule has 1 aromatic carbocycles. The van der Waals surface area contributed by atoms with Crippen LogP contribution in [0.25, 0.3) is 0 Å². The van der Waals surface area contributed by atoms with Gasteiger partial charge in [0.15, 0.2) is 0 Å². The van der Waals surface area contributed by atoms with Gasteiger partial charge in [-0.15, -0.1) is 0 Å². The van der Waals surface area contributed by atoms with Gasteiger partial charge in [-0.2, -0.15) is 0 Å².